The van der Waals surface area contributed by atoms with E-state index in [2.05, 4.69) is 0 Å². The molecule has 0 atom stereocenters. The lowest BCUT2D eigenvalue weighted by Gasteiger charge is -2.13. The third-order valence-corrected chi connectivity index (χ3v) is 2.42. The zero-order valence-electron chi connectivity index (χ0n) is 8.07. The van der Waals surface area contributed by atoms with Gasteiger partial charge in [-0.2, -0.15) is 0 Å². The van der Waals surface area contributed by atoms with Crippen LogP contribution in [-0.2, 0) is 4.79 Å². The topological polar surface area (TPSA) is 37.4 Å². The molecule has 3 nitrogen and oxygen atoms in total. The third-order valence-electron chi connectivity index (χ3n) is 2.42. The predicted molar refractivity (Wildman–Crippen MR) is 51.7 cm³/mol. The molecule has 0 aliphatic carbocycles. The number of carbonyl (C=O) groups excluding carboxylic acids is 2. The first kappa shape index (κ1) is 9.83. The van der Waals surface area contributed by atoms with E-state index in [4.69, 9.17) is 0 Å². The predicted octanol–water partition coefficient (Wildman–Crippen LogP) is 1.59. The number of rotatable bonds is 1. The number of carbonyl (C=O) groups is 2. The average molecular weight is 207 g/mol. The van der Waals surface area contributed by atoms with Crippen molar-refractivity contribution in [3.8, 4) is 0 Å². The first-order valence-corrected chi connectivity index (χ1v) is 4.79. The molecule has 1 aliphatic heterocycles. The molecule has 0 unspecified atom stereocenters. The van der Waals surface area contributed by atoms with Gasteiger partial charge in [-0.05, 0) is 18.6 Å². The van der Waals surface area contributed by atoms with Crippen LogP contribution >= 0.6 is 0 Å². The fraction of sp³-hybridized carbons (Fsp3) is 0.273. The molecule has 1 heterocycles. The van der Waals surface area contributed by atoms with Crippen molar-refractivity contribution in [2.45, 2.75) is 12.8 Å². The van der Waals surface area contributed by atoms with Crippen molar-refractivity contribution >= 4 is 11.8 Å². The van der Waals surface area contributed by atoms with Crippen molar-refractivity contribution in [3.63, 3.8) is 0 Å². The number of halogens is 1. The highest BCUT2D eigenvalue weighted by Crippen LogP contribution is 2.16. The van der Waals surface area contributed by atoms with Gasteiger partial charge in [-0.25, -0.2) is 4.39 Å². The van der Waals surface area contributed by atoms with Crippen LogP contribution in [0.2, 0.25) is 0 Å². The fourth-order valence-corrected chi connectivity index (χ4v) is 1.64. The van der Waals surface area contributed by atoms with Gasteiger partial charge >= 0.3 is 0 Å². The molecule has 2 amide bonds. The normalized spacial score (nSPS) is 15.8. The van der Waals surface area contributed by atoms with Crippen LogP contribution < -0.4 is 0 Å². The van der Waals surface area contributed by atoms with Crippen molar-refractivity contribution in [1.29, 1.82) is 0 Å². The number of amides is 2. The number of hydrogen-bond donors (Lipinski definition) is 0. The summed E-state index contributed by atoms with van der Waals surface area (Å²) >= 11 is 0. The lowest BCUT2D eigenvalue weighted by Crippen LogP contribution is -2.32. The highest BCUT2D eigenvalue weighted by Gasteiger charge is 2.28. The van der Waals surface area contributed by atoms with Crippen LogP contribution in [-0.4, -0.2) is 23.3 Å². The standard InChI is InChI=1S/C11H10FNO2/c12-9-5-2-1-4-8(9)11(15)13-7-3-6-10(13)14/h1-2,4-5H,3,6-7H2. The average Bonchev–Trinajstić information content (AvgIpc) is 2.64. The van der Waals surface area contributed by atoms with E-state index in [1.165, 1.54) is 18.2 Å². The van der Waals surface area contributed by atoms with Crippen molar-refractivity contribution in [2.24, 2.45) is 0 Å². The van der Waals surface area contributed by atoms with Crippen LogP contribution in [0.25, 0.3) is 0 Å². The van der Waals surface area contributed by atoms with Crippen LogP contribution in [0.1, 0.15) is 23.2 Å². The summed E-state index contributed by atoms with van der Waals surface area (Å²) in [6.45, 7) is 0.395. The molecule has 0 aromatic heterocycles. The van der Waals surface area contributed by atoms with E-state index in [0.717, 1.165) is 4.90 Å². The first-order valence-electron chi connectivity index (χ1n) is 4.79. The van der Waals surface area contributed by atoms with Gasteiger partial charge in [-0.15, -0.1) is 0 Å². The lowest BCUT2D eigenvalue weighted by molar-refractivity contribution is -0.125. The van der Waals surface area contributed by atoms with Crippen LogP contribution in [0.15, 0.2) is 24.3 Å². The first-order chi connectivity index (χ1) is 7.20. The Hall–Kier alpha value is -1.71. The van der Waals surface area contributed by atoms with E-state index in [9.17, 15) is 14.0 Å². The van der Waals surface area contributed by atoms with Gasteiger partial charge in [-0.3, -0.25) is 14.5 Å². The van der Waals surface area contributed by atoms with Gasteiger partial charge in [0.15, 0.2) is 0 Å². The Morgan fingerprint density at radius 2 is 2.07 bits per heavy atom. The van der Waals surface area contributed by atoms with Gasteiger partial charge in [-0.1, -0.05) is 12.1 Å². The molecule has 1 fully saturated rings. The van der Waals surface area contributed by atoms with Gasteiger partial charge in [0.1, 0.15) is 5.82 Å². The largest absolute Gasteiger partial charge is 0.278 e. The Morgan fingerprint density at radius 1 is 1.33 bits per heavy atom. The summed E-state index contributed by atoms with van der Waals surface area (Å²) in [5, 5.41) is 0. The van der Waals surface area contributed by atoms with E-state index in [1.807, 2.05) is 0 Å². The summed E-state index contributed by atoms with van der Waals surface area (Å²) in [6.07, 6.45) is 1.04. The summed E-state index contributed by atoms with van der Waals surface area (Å²) in [7, 11) is 0. The van der Waals surface area contributed by atoms with E-state index in [0.29, 0.717) is 19.4 Å². The zero-order valence-corrected chi connectivity index (χ0v) is 8.07. The molecule has 4 heteroatoms. The van der Waals surface area contributed by atoms with Gasteiger partial charge in [0.2, 0.25) is 5.91 Å². The molecule has 15 heavy (non-hydrogen) atoms. The SMILES string of the molecule is O=C1CCCN1C(=O)c1ccccc1F. The van der Waals surface area contributed by atoms with Gasteiger partial charge < -0.3 is 0 Å². The van der Waals surface area contributed by atoms with Crippen molar-refractivity contribution in [2.75, 3.05) is 6.54 Å². The molecule has 0 bridgehead atoms. The summed E-state index contributed by atoms with van der Waals surface area (Å²) in [5.74, 6) is -1.33. The maximum Gasteiger partial charge on any atom is 0.263 e. The molecule has 1 aromatic carbocycles. The Bertz CT molecular complexity index is 417. The van der Waals surface area contributed by atoms with Crippen LogP contribution in [0.5, 0.6) is 0 Å². The maximum absolute atomic E-state index is 13.3. The Balaban J connectivity index is 2.28. The summed E-state index contributed by atoms with van der Waals surface area (Å²) < 4.78 is 13.3. The molecule has 0 radical (unpaired) electrons. The van der Waals surface area contributed by atoms with Crippen molar-refractivity contribution < 1.29 is 14.0 Å². The molecule has 1 saturated heterocycles. The van der Waals surface area contributed by atoms with E-state index in [-0.39, 0.29) is 11.5 Å². The smallest absolute Gasteiger partial charge is 0.263 e. The molecule has 1 aromatic rings. The minimum atomic E-state index is -0.581. The van der Waals surface area contributed by atoms with E-state index < -0.39 is 11.7 Å². The number of likely N-dealkylation sites (tertiary alicyclic amines) is 1. The second-order valence-electron chi connectivity index (χ2n) is 3.43. The van der Waals surface area contributed by atoms with Crippen molar-refractivity contribution in [1.82, 2.24) is 4.90 Å². The number of hydrogen-bond acceptors (Lipinski definition) is 2. The Kier molecular flexibility index (Phi) is 2.49. The fourth-order valence-electron chi connectivity index (χ4n) is 1.64. The molecule has 2 rings (SSSR count). The third kappa shape index (κ3) is 1.75. The van der Waals surface area contributed by atoms with E-state index >= 15 is 0 Å². The molecular formula is C11H10FNO2. The Morgan fingerprint density at radius 3 is 2.67 bits per heavy atom. The molecular weight excluding hydrogens is 197 g/mol. The van der Waals surface area contributed by atoms with Crippen LogP contribution in [0.4, 0.5) is 4.39 Å². The second kappa shape index (κ2) is 3.81. The van der Waals surface area contributed by atoms with E-state index in [1.54, 1.807) is 6.07 Å². The Labute approximate surface area is 86.5 Å². The summed E-state index contributed by atoms with van der Waals surface area (Å²) in [4.78, 5) is 24.1. The monoisotopic (exact) mass is 207 g/mol. The number of nitrogens with zero attached hydrogens (tertiary/aromatic N) is 1. The summed E-state index contributed by atoms with van der Waals surface area (Å²) in [5.41, 5.74) is -0.0345. The lowest BCUT2D eigenvalue weighted by atomic mass is 10.2. The molecule has 0 N–H and O–H groups in total. The van der Waals surface area contributed by atoms with Gasteiger partial charge in [0, 0.05) is 13.0 Å². The second-order valence-corrected chi connectivity index (χ2v) is 3.43. The molecule has 0 spiro atoms. The molecule has 1 aliphatic rings. The van der Waals surface area contributed by atoms with Gasteiger partial charge in [0.25, 0.3) is 5.91 Å². The minimum absolute atomic E-state index is 0.0345. The molecule has 78 valence electrons. The maximum atomic E-state index is 13.3. The highest BCUT2D eigenvalue weighted by atomic mass is 19.1. The van der Waals surface area contributed by atoms with Crippen molar-refractivity contribution in [3.05, 3.63) is 35.6 Å². The summed E-state index contributed by atoms with van der Waals surface area (Å²) in [6, 6.07) is 5.70. The molecule has 0 saturated carbocycles. The van der Waals surface area contributed by atoms with Crippen LogP contribution in [0, 0.1) is 5.82 Å². The van der Waals surface area contributed by atoms with Gasteiger partial charge in [0.05, 0.1) is 5.56 Å². The quantitative estimate of drug-likeness (QED) is 0.656. The highest BCUT2D eigenvalue weighted by molar-refractivity contribution is 6.05. The minimum Gasteiger partial charge on any atom is -0.278 e. The van der Waals surface area contributed by atoms with Crippen LogP contribution in [0.3, 0.4) is 0 Å². The zero-order chi connectivity index (χ0) is 10.8. The number of benzene rings is 1. The number of imide groups is 1.